The molecule has 2 aromatic carbocycles. The quantitative estimate of drug-likeness (QED) is 0.625. The van der Waals surface area contributed by atoms with Crippen LogP contribution in [0.5, 0.6) is 0 Å². The van der Waals surface area contributed by atoms with Crippen LogP contribution in [0.3, 0.4) is 0 Å². The Morgan fingerprint density at radius 2 is 1.96 bits per heavy atom. The van der Waals surface area contributed by atoms with Gasteiger partial charge in [0.1, 0.15) is 0 Å². The molecule has 3 N–H and O–H groups in total. The normalized spacial score (nSPS) is 14.0. The van der Waals surface area contributed by atoms with Gasteiger partial charge in [0.15, 0.2) is 0 Å². The van der Waals surface area contributed by atoms with Gasteiger partial charge in [-0.05, 0) is 47.7 Å². The van der Waals surface area contributed by atoms with Gasteiger partial charge in [0.05, 0.1) is 12.1 Å². The van der Waals surface area contributed by atoms with Gasteiger partial charge in [0, 0.05) is 18.8 Å². The predicted molar refractivity (Wildman–Crippen MR) is 94.2 cm³/mol. The fraction of sp³-hybridized carbons (Fsp3) is 0.316. The van der Waals surface area contributed by atoms with Crippen LogP contribution in [0.2, 0.25) is 0 Å². The molecule has 5 nitrogen and oxygen atoms in total. The number of nitrogens with zero attached hydrogens (tertiary/aromatic N) is 2. The van der Waals surface area contributed by atoms with E-state index in [1.807, 2.05) is 17.0 Å². The average Bonchev–Trinajstić information content (AvgIpc) is 2.61. The van der Waals surface area contributed by atoms with Gasteiger partial charge in [-0.1, -0.05) is 24.3 Å². The molecule has 2 amide bonds. The smallest absolute Gasteiger partial charge is 0.367 e. The number of nitrogens with two attached hydrogens (primary N) is 1. The van der Waals surface area contributed by atoms with E-state index in [1.165, 1.54) is 12.1 Å². The van der Waals surface area contributed by atoms with Gasteiger partial charge < -0.3 is 10.6 Å². The molecule has 1 aliphatic rings. The highest BCUT2D eigenvalue weighted by Gasteiger charge is 2.30. The van der Waals surface area contributed by atoms with Gasteiger partial charge in [0.2, 0.25) is 0 Å². The van der Waals surface area contributed by atoms with Gasteiger partial charge in [-0.3, -0.25) is 5.21 Å². The lowest BCUT2D eigenvalue weighted by molar-refractivity contribution is -0.137. The Hall–Kier alpha value is -2.74. The van der Waals surface area contributed by atoms with Crippen molar-refractivity contribution in [3.63, 3.8) is 0 Å². The summed E-state index contributed by atoms with van der Waals surface area (Å²) >= 11 is 0. The van der Waals surface area contributed by atoms with E-state index in [2.05, 4.69) is 0 Å². The van der Waals surface area contributed by atoms with Crippen molar-refractivity contribution in [2.75, 3.05) is 11.4 Å². The van der Waals surface area contributed by atoms with Crippen molar-refractivity contribution >= 4 is 11.7 Å². The van der Waals surface area contributed by atoms with Crippen LogP contribution in [0.1, 0.15) is 28.7 Å². The maximum Gasteiger partial charge on any atom is 0.416 e. The molecule has 0 radical (unpaired) electrons. The minimum absolute atomic E-state index is 0.0176. The molecule has 0 aromatic heterocycles. The topological polar surface area (TPSA) is 69.8 Å². The largest absolute Gasteiger partial charge is 0.416 e. The van der Waals surface area contributed by atoms with Crippen molar-refractivity contribution < 1.29 is 23.2 Å². The second-order valence-corrected chi connectivity index (χ2v) is 6.58. The number of anilines is 1. The van der Waals surface area contributed by atoms with E-state index in [0.717, 1.165) is 42.3 Å². The highest BCUT2D eigenvalue weighted by Crippen LogP contribution is 2.32. The number of aryl methyl sites for hydroxylation is 1. The molecule has 0 fully saturated rings. The van der Waals surface area contributed by atoms with E-state index in [0.29, 0.717) is 17.2 Å². The van der Waals surface area contributed by atoms with Crippen LogP contribution in [0.4, 0.5) is 23.7 Å². The minimum Gasteiger partial charge on any atom is -0.367 e. The molecule has 0 unspecified atom stereocenters. The van der Waals surface area contributed by atoms with E-state index in [9.17, 15) is 23.2 Å². The number of urea groups is 1. The average molecular weight is 379 g/mol. The summed E-state index contributed by atoms with van der Waals surface area (Å²) in [5, 5.41) is 9.91. The molecule has 0 atom stereocenters. The predicted octanol–water partition coefficient (Wildman–Crippen LogP) is 3.93. The van der Waals surface area contributed by atoms with E-state index in [-0.39, 0.29) is 6.54 Å². The van der Waals surface area contributed by atoms with E-state index >= 15 is 0 Å². The maximum absolute atomic E-state index is 12.9. The lowest BCUT2D eigenvalue weighted by Crippen LogP contribution is -2.32. The highest BCUT2D eigenvalue weighted by molar-refractivity contribution is 5.70. The van der Waals surface area contributed by atoms with Crippen LogP contribution in [-0.2, 0) is 25.7 Å². The number of halogens is 3. The fourth-order valence-electron chi connectivity index (χ4n) is 3.31. The first-order valence-electron chi connectivity index (χ1n) is 8.53. The number of fused-ring (bicyclic) bond motifs is 1. The van der Waals surface area contributed by atoms with Crippen LogP contribution in [0.25, 0.3) is 0 Å². The lowest BCUT2D eigenvalue weighted by Gasteiger charge is -2.32. The third kappa shape index (κ3) is 4.51. The molecular formula is C19H20F3N3O2. The van der Waals surface area contributed by atoms with E-state index in [4.69, 9.17) is 5.73 Å². The Balaban J connectivity index is 1.80. The van der Waals surface area contributed by atoms with Crippen molar-refractivity contribution in [3.8, 4) is 0 Å². The SMILES string of the molecule is NC(=O)N(O)Cc1ccc2c(c1)CCCN2Cc1cccc(C(F)(F)F)c1. The summed E-state index contributed by atoms with van der Waals surface area (Å²) in [6, 6.07) is 9.96. The van der Waals surface area contributed by atoms with Crippen LogP contribution >= 0.6 is 0 Å². The summed E-state index contributed by atoms with van der Waals surface area (Å²) in [5.74, 6) is 0. The molecule has 27 heavy (non-hydrogen) atoms. The Morgan fingerprint density at radius 1 is 1.19 bits per heavy atom. The summed E-state index contributed by atoms with van der Waals surface area (Å²) in [4.78, 5) is 13.0. The number of hydrogen-bond acceptors (Lipinski definition) is 3. The van der Waals surface area contributed by atoms with Crippen molar-refractivity contribution in [2.24, 2.45) is 5.73 Å². The molecule has 3 rings (SSSR count). The van der Waals surface area contributed by atoms with Crippen LogP contribution in [0, 0.1) is 0 Å². The van der Waals surface area contributed by atoms with Crippen molar-refractivity contribution in [3.05, 3.63) is 64.7 Å². The molecule has 1 heterocycles. The maximum atomic E-state index is 12.9. The Kier molecular flexibility index (Phi) is 5.27. The van der Waals surface area contributed by atoms with Crippen molar-refractivity contribution in [1.82, 2.24) is 5.06 Å². The Morgan fingerprint density at radius 3 is 2.67 bits per heavy atom. The zero-order valence-electron chi connectivity index (χ0n) is 14.5. The summed E-state index contributed by atoms with van der Waals surface area (Å²) < 4.78 is 38.8. The Labute approximate surface area is 154 Å². The van der Waals surface area contributed by atoms with E-state index < -0.39 is 17.8 Å². The zero-order chi connectivity index (χ0) is 19.6. The number of carbonyl (C=O) groups is 1. The molecule has 1 aliphatic heterocycles. The Bertz CT molecular complexity index is 839. The van der Waals surface area contributed by atoms with Gasteiger partial charge in [0.25, 0.3) is 0 Å². The first-order valence-corrected chi connectivity index (χ1v) is 8.53. The molecule has 8 heteroatoms. The first kappa shape index (κ1) is 19.0. The minimum atomic E-state index is -4.36. The summed E-state index contributed by atoms with van der Waals surface area (Å²) in [5.41, 5.74) is 7.68. The number of hydrogen-bond donors (Lipinski definition) is 2. The monoisotopic (exact) mass is 379 g/mol. The van der Waals surface area contributed by atoms with Crippen molar-refractivity contribution in [2.45, 2.75) is 32.1 Å². The molecule has 0 bridgehead atoms. The number of hydroxylamine groups is 2. The van der Waals surface area contributed by atoms with E-state index in [1.54, 1.807) is 12.1 Å². The van der Waals surface area contributed by atoms with Crippen molar-refractivity contribution in [1.29, 1.82) is 0 Å². The first-order chi connectivity index (χ1) is 12.7. The zero-order valence-corrected chi connectivity index (χ0v) is 14.5. The van der Waals surface area contributed by atoms with Crippen LogP contribution < -0.4 is 10.6 Å². The molecule has 0 saturated heterocycles. The second-order valence-electron chi connectivity index (χ2n) is 6.58. The number of benzene rings is 2. The third-order valence-corrected chi connectivity index (χ3v) is 4.57. The molecular weight excluding hydrogens is 359 g/mol. The third-order valence-electron chi connectivity index (χ3n) is 4.57. The van der Waals surface area contributed by atoms with Gasteiger partial charge in [-0.2, -0.15) is 13.2 Å². The number of amides is 2. The summed E-state index contributed by atoms with van der Waals surface area (Å²) in [6.07, 6.45) is -2.67. The number of alkyl halides is 3. The second kappa shape index (κ2) is 7.48. The summed E-state index contributed by atoms with van der Waals surface area (Å²) in [6.45, 7) is 1.11. The van der Waals surface area contributed by atoms with Gasteiger partial charge >= 0.3 is 12.2 Å². The molecule has 0 spiro atoms. The van der Waals surface area contributed by atoms with Crippen LogP contribution in [-0.4, -0.2) is 22.8 Å². The molecule has 2 aromatic rings. The summed E-state index contributed by atoms with van der Waals surface area (Å²) in [7, 11) is 0. The lowest BCUT2D eigenvalue weighted by atomic mass is 9.98. The van der Waals surface area contributed by atoms with Crippen LogP contribution in [0.15, 0.2) is 42.5 Å². The molecule has 144 valence electrons. The molecule has 0 saturated carbocycles. The molecule has 0 aliphatic carbocycles. The van der Waals surface area contributed by atoms with Gasteiger partial charge in [-0.15, -0.1) is 0 Å². The number of rotatable bonds is 4. The highest BCUT2D eigenvalue weighted by atomic mass is 19.4. The van der Waals surface area contributed by atoms with Gasteiger partial charge in [-0.25, -0.2) is 9.86 Å². The number of carbonyl (C=O) groups excluding carboxylic acids is 1. The standard InChI is InChI=1S/C19H20F3N3O2/c20-19(21,22)16-5-1-3-13(10-16)11-24-8-2-4-15-9-14(6-7-17(15)24)12-25(27)18(23)26/h1,3,5-7,9-10,27H,2,4,8,11-12H2,(H2,23,26). The number of primary amides is 1. The fourth-order valence-corrected chi connectivity index (χ4v) is 3.31.